The normalized spacial score (nSPS) is 17.4. The number of benzene rings is 1. The number of hydrogen-bond donors (Lipinski definition) is 1. The molecule has 25 heavy (non-hydrogen) atoms. The van der Waals surface area contributed by atoms with Gasteiger partial charge in [0.15, 0.2) is 0 Å². The summed E-state index contributed by atoms with van der Waals surface area (Å²) in [6.07, 6.45) is 4.18. The lowest BCUT2D eigenvalue weighted by Gasteiger charge is -2.25. The van der Waals surface area contributed by atoms with Crippen molar-refractivity contribution in [2.45, 2.75) is 38.9 Å². The van der Waals surface area contributed by atoms with Crippen LogP contribution < -0.4 is 10.1 Å². The molecule has 0 unspecified atom stereocenters. The zero-order valence-corrected chi connectivity index (χ0v) is 14.9. The Hall–Kier alpha value is -2.40. The Balaban J connectivity index is 1.72. The number of aromatic nitrogens is 1. The van der Waals surface area contributed by atoms with E-state index >= 15 is 0 Å². The minimum atomic E-state index is -0.0345. The summed E-state index contributed by atoms with van der Waals surface area (Å²) in [5.74, 6) is 0.863. The molecule has 1 aromatic heterocycles. The molecule has 1 N–H and O–H groups in total. The summed E-state index contributed by atoms with van der Waals surface area (Å²) in [5, 5.41) is 2.81. The van der Waals surface area contributed by atoms with Gasteiger partial charge in [-0.2, -0.15) is 0 Å². The van der Waals surface area contributed by atoms with E-state index in [1.165, 1.54) is 24.5 Å². The van der Waals surface area contributed by atoms with Gasteiger partial charge < -0.3 is 10.1 Å². The molecule has 1 atom stereocenters. The molecule has 0 bridgehead atoms. The average Bonchev–Trinajstić information content (AvgIpc) is 3.08. The van der Waals surface area contributed by atoms with Crippen LogP contribution in [0.4, 0.5) is 0 Å². The topological polar surface area (TPSA) is 54.5 Å². The van der Waals surface area contributed by atoms with E-state index in [0.29, 0.717) is 12.6 Å². The van der Waals surface area contributed by atoms with Crippen molar-refractivity contribution in [2.24, 2.45) is 0 Å². The van der Waals surface area contributed by atoms with Gasteiger partial charge in [0.2, 0.25) is 5.91 Å². The molecule has 1 fully saturated rings. The molecule has 0 spiro atoms. The van der Waals surface area contributed by atoms with Crippen LogP contribution in [0.5, 0.6) is 5.75 Å². The van der Waals surface area contributed by atoms with Crippen molar-refractivity contribution >= 4 is 5.91 Å². The molecule has 1 saturated heterocycles. The number of hydrogen-bond acceptors (Lipinski definition) is 4. The van der Waals surface area contributed by atoms with Crippen molar-refractivity contribution in [1.29, 1.82) is 0 Å². The highest BCUT2D eigenvalue weighted by molar-refractivity contribution is 5.72. The van der Waals surface area contributed by atoms with Gasteiger partial charge in [-0.15, -0.1) is 0 Å². The number of likely N-dealkylation sites (tertiary alicyclic amines) is 1. The first-order valence-corrected chi connectivity index (χ1v) is 8.72. The molecule has 0 radical (unpaired) electrons. The summed E-state index contributed by atoms with van der Waals surface area (Å²) in [5.41, 5.74) is 3.44. The van der Waals surface area contributed by atoms with Crippen molar-refractivity contribution in [3.8, 4) is 5.75 Å². The number of carbonyl (C=O) groups is 1. The summed E-state index contributed by atoms with van der Waals surface area (Å²) in [6.45, 7) is 4.00. The van der Waals surface area contributed by atoms with Gasteiger partial charge in [-0.25, -0.2) is 0 Å². The van der Waals surface area contributed by atoms with Gasteiger partial charge in [-0.3, -0.25) is 14.7 Å². The predicted octanol–water partition coefficient (Wildman–Crippen LogP) is 3.06. The van der Waals surface area contributed by atoms with Crippen LogP contribution in [0.15, 0.2) is 42.6 Å². The maximum absolute atomic E-state index is 11.1. The van der Waals surface area contributed by atoms with Crippen LogP contribution >= 0.6 is 0 Å². The Morgan fingerprint density at radius 3 is 3.04 bits per heavy atom. The second-order valence-electron chi connectivity index (χ2n) is 6.47. The second-order valence-corrected chi connectivity index (χ2v) is 6.47. The zero-order valence-electron chi connectivity index (χ0n) is 14.9. The van der Waals surface area contributed by atoms with Gasteiger partial charge in [0, 0.05) is 25.7 Å². The molecular weight excluding hydrogens is 314 g/mol. The molecule has 132 valence electrons. The average molecular weight is 339 g/mol. The minimum Gasteiger partial charge on any atom is -0.497 e. The first-order chi connectivity index (χ1) is 12.2. The van der Waals surface area contributed by atoms with Crippen LogP contribution in [0, 0.1) is 0 Å². The second kappa shape index (κ2) is 8.12. The van der Waals surface area contributed by atoms with Gasteiger partial charge in [-0.05, 0) is 54.8 Å². The number of nitrogens with one attached hydrogen (secondary N) is 1. The Labute approximate surface area is 149 Å². The zero-order chi connectivity index (χ0) is 17.6. The monoisotopic (exact) mass is 339 g/mol. The quantitative estimate of drug-likeness (QED) is 0.879. The first-order valence-electron chi connectivity index (χ1n) is 8.72. The fourth-order valence-electron chi connectivity index (χ4n) is 3.41. The SMILES string of the molecule is COc1cccc(CN2CCC[C@H]2c2ccnc(CNC(C)=O)c2)c1. The summed E-state index contributed by atoms with van der Waals surface area (Å²) < 4.78 is 5.33. The van der Waals surface area contributed by atoms with E-state index in [1.807, 2.05) is 18.3 Å². The molecule has 1 aliphatic rings. The molecular formula is C20H25N3O2. The number of rotatable bonds is 6. The molecule has 1 amide bonds. The van der Waals surface area contributed by atoms with Crippen molar-refractivity contribution in [3.05, 3.63) is 59.4 Å². The van der Waals surface area contributed by atoms with Gasteiger partial charge in [0.25, 0.3) is 0 Å². The highest BCUT2D eigenvalue weighted by Gasteiger charge is 2.26. The molecule has 1 aromatic carbocycles. The van der Waals surface area contributed by atoms with E-state index in [-0.39, 0.29) is 5.91 Å². The van der Waals surface area contributed by atoms with Crippen molar-refractivity contribution in [3.63, 3.8) is 0 Å². The van der Waals surface area contributed by atoms with Crippen LogP contribution in [-0.4, -0.2) is 29.4 Å². The van der Waals surface area contributed by atoms with E-state index in [2.05, 4.69) is 39.5 Å². The number of methoxy groups -OCH3 is 1. The molecule has 2 heterocycles. The van der Waals surface area contributed by atoms with Crippen molar-refractivity contribution in [2.75, 3.05) is 13.7 Å². The molecule has 1 aliphatic heterocycles. The van der Waals surface area contributed by atoms with E-state index in [4.69, 9.17) is 4.74 Å². The van der Waals surface area contributed by atoms with Gasteiger partial charge in [0.05, 0.1) is 19.3 Å². The van der Waals surface area contributed by atoms with Gasteiger partial charge >= 0.3 is 0 Å². The lowest BCUT2D eigenvalue weighted by molar-refractivity contribution is -0.119. The van der Waals surface area contributed by atoms with Crippen molar-refractivity contribution < 1.29 is 9.53 Å². The van der Waals surface area contributed by atoms with Crippen LogP contribution in [0.3, 0.4) is 0 Å². The fraction of sp³-hybridized carbons (Fsp3) is 0.400. The van der Waals surface area contributed by atoms with Gasteiger partial charge in [0.1, 0.15) is 5.75 Å². The van der Waals surface area contributed by atoms with Crippen LogP contribution in [-0.2, 0) is 17.9 Å². The smallest absolute Gasteiger partial charge is 0.217 e. The highest BCUT2D eigenvalue weighted by Crippen LogP contribution is 2.33. The van der Waals surface area contributed by atoms with E-state index in [0.717, 1.165) is 31.0 Å². The highest BCUT2D eigenvalue weighted by atomic mass is 16.5. The maximum Gasteiger partial charge on any atom is 0.217 e. The molecule has 5 nitrogen and oxygen atoms in total. The molecule has 3 rings (SSSR count). The summed E-state index contributed by atoms with van der Waals surface area (Å²) in [7, 11) is 1.70. The van der Waals surface area contributed by atoms with Crippen LogP contribution in [0.2, 0.25) is 0 Å². The Bertz CT molecular complexity index is 732. The third kappa shape index (κ3) is 4.57. The third-order valence-corrected chi connectivity index (χ3v) is 4.63. The third-order valence-electron chi connectivity index (χ3n) is 4.63. The minimum absolute atomic E-state index is 0.0345. The molecule has 2 aromatic rings. The molecule has 0 aliphatic carbocycles. The number of pyridine rings is 1. The number of carbonyl (C=O) groups excluding carboxylic acids is 1. The molecule has 5 heteroatoms. The first kappa shape index (κ1) is 17.4. The van der Waals surface area contributed by atoms with Crippen molar-refractivity contribution in [1.82, 2.24) is 15.2 Å². The number of amides is 1. The summed E-state index contributed by atoms with van der Waals surface area (Å²) in [6, 6.07) is 12.9. The predicted molar refractivity (Wildman–Crippen MR) is 97.1 cm³/mol. The largest absolute Gasteiger partial charge is 0.497 e. The maximum atomic E-state index is 11.1. The fourth-order valence-corrected chi connectivity index (χ4v) is 3.41. The van der Waals surface area contributed by atoms with E-state index in [1.54, 1.807) is 7.11 Å². The van der Waals surface area contributed by atoms with Crippen LogP contribution in [0.1, 0.15) is 42.6 Å². The lowest BCUT2D eigenvalue weighted by Crippen LogP contribution is -2.23. The standard InChI is InChI=1S/C20H25N3O2/c1-15(24)22-13-18-12-17(8-9-21-18)20-7-4-10-23(20)14-16-5-3-6-19(11-16)25-2/h3,5-6,8-9,11-12,20H,4,7,10,13-14H2,1-2H3,(H,22,24)/t20-/m0/s1. The van der Waals surface area contributed by atoms with E-state index in [9.17, 15) is 4.79 Å². The van der Waals surface area contributed by atoms with E-state index < -0.39 is 0 Å². The number of ether oxygens (including phenoxy) is 1. The Kier molecular flexibility index (Phi) is 5.66. The van der Waals surface area contributed by atoms with Gasteiger partial charge in [-0.1, -0.05) is 12.1 Å². The Morgan fingerprint density at radius 1 is 1.36 bits per heavy atom. The molecule has 0 saturated carbocycles. The number of nitrogens with zero attached hydrogens (tertiary/aromatic N) is 2. The summed E-state index contributed by atoms with van der Waals surface area (Å²) in [4.78, 5) is 18.0. The lowest BCUT2D eigenvalue weighted by atomic mass is 10.0. The summed E-state index contributed by atoms with van der Waals surface area (Å²) >= 11 is 0. The Morgan fingerprint density at radius 2 is 2.24 bits per heavy atom. The van der Waals surface area contributed by atoms with Crippen LogP contribution in [0.25, 0.3) is 0 Å².